The molecule has 0 aromatic carbocycles. The van der Waals surface area contributed by atoms with Gasteiger partial charge in [0.05, 0.1) is 6.10 Å². The maximum absolute atomic E-state index is 10.7. The molecular formula is C13H24O2. The van der Waals surface area contributed by atoms with Crippen LogP contribution in [-0.2, 0) is 9.53 Å². The highest BCUT2D eigenvalue weighted by Crippen LogP contribution is 2.25. The molecule has 0 aromatic heterocycles. The molecule has 1 aliphatic rings. The Kier molecular flexibility index (Phi) is 5.92. The van der Waals surface area contributed by atoms with E-state index in [4.69, 9.17) is 4.74 Å². The third-order valence-electron chi connectivity index (χ3n) is 3.24. The van der Waals surface area contributed by atoms with Gasteiger partial charge < -0.3 is 9.53 Å². The zero-order valence-electron chi connectivity index (χ0n) is 10.1. The summed E-state index contributed by atoms with van der Waals surface area (Å²) in [6.45, 7) is 4.82. The van der Waals surface area contributed by atoms with Gasteiger partial charge in [0.1, 0.15) is 5.78 Å². The molecule has 1 fully saturated rings. The Hall–Kier alpha value is -0.370. The first-order valence-electron chi connectivity index (χ1n) is 6.29. The van der Waals surface area contributed by atoms with Gasteiger partial charge in [-0.15, -0.1) is 0 Å². The van der Waals surface area contributed by atoms with Crippen LogP contribution >= 0.6 is 0 Å². The van der Waals surface area contributed by atoms with Crippen LogP contribution in [0.2, 0.25) is 0 Å². The molecule has 0 heterocycles. The Morgan fingerprint density at radius 1 is 1.20 bits per heavy atom. The summed E-state index contributed by atoms with van der Waals surface area (Å²) >= 11 is 0. The normalized spacial score (nSPS) is 26.5. The van der Waals surface area contributed by atoms with Gasteiger partial charge in [-0.1, -0.05) is 6.92 Å². The van der Waals surface area contributed by atoms with Crippen LogP contribution < -0.4 is 0 Å². The van der Waals surface area contributed by atoms with Gasteiger partial charge in [0, 0.05) is 13.0 Å². The summed E-state index contributed by atoms with van der Waals surface area (Å²) in [5.74, 6) is 1.18. The summed E-state index contributed by atoms with van der Waals surface area (Å²) in [6, 6.07) is 0. The first kappa shape index (κ1) is 12.7. The van der Waals surface area contributed by atoms with Gasteiger partial charge in [0.15, 0.2) is 0 Å². The van der Waals surface area contributed by atoms with Crippen molar-refractivity contribution in [2.24, 2.45) is 5.92 Å². The van der Waals surface area contributed by atoms with Crippen LogP contribution in [0.5, 0.6) is 0 Å². The van der Waals surface area contributed by atoms with Gasteiger partial charge >= 0.3 is 0 Å². The lowest BCUT2D eigenvalue weighted by atomic mass is 9.89. The Morgan fingerprint density at radius 3 is 2.47 bits per heavy atom. The van der Waals surface area contributed by atoms with Gasteiger partial charge in [-0.25, -0.2) is 0 Å². The van der Waals surface area contributed by atoms with Crippen molar-refractivity contribution in [3.63, 3.8) is 0 Å². The zero-order chi connectivity index (χ0) is 11.1. The maximum Gasteiger partial charge on any atom is 0.129 e. The van der Waals surface area contributed by atoms with E-state index in [0.29, 0.717) is 18.3 Å². The summed E-state index contributed by atoms with van der Waals surface area (Å²) in [4.78, 5) is 10.7. The Morgan fingerprint density at radius 2 is 1.87 bits per heavy atom. The van der Waals surface area contributed by atoms with Crippen molar-refractivity contribution >= 4 is 5.78 Å². The predicted octanol–water partition coefficient (Wildman–Crippen LogP) is 3.34. The van der Waals surface area contributed by atoms with Crippen molar-refractivity contribution in [2.75, 3.05) is 6.61 Å². The van der Waals surface area contributed by atoms with Gasteiger partial charge in [0.25, 0.3) is 0 Å². The Bertz CT molecular complexity index is 181. The lowest BCUT2D eigenvalue weighted by Gasteiger charge is -2.26. The largest absolute Gasteiger partial charge is 0.378 e. The maximum atomic E-state index is 10.7. The fourth-order valence-electron chi connectivity index (χ4n) is 2.12. The molecule has 1 saturated carbocycles. The van der Waals surface area contributed by atoms with Crippen LogP contribution in [0.25, 0.3) is 0 Å². The monoisotopic (exact) mass is 212 g/mol. The fourth-order valence-corrected chi connectivity index (χ4v) is 2.12. The van der Waals surface area contributed by atoms with E-state index in [1.54, 1.807) is 6.92 Å². The highest BCUT2D eigenvalue weighted by atomic mass is 16.5. The zero-order valence-corrected chi connectivity index (χ0v) is 10.1. The number of hydrogen-bond donors (Lipinski definition) is 0. The minimum absolute atomic E-state index is 0.293. The number of hydrogen-bond acceptors (Lipinski definition) is 2. The van der Waals surface area contributed by atoms with Crippen LogP contribution in [0, 0.1) is 5.92 Å². The first-order valence-corrected chi connectivity index (χ1v) is 6.29. The summed E-state index contributed by atoms with van der Waals surface area (Å²) in [6.07, 6.45) is 8.33. The number of carbonyl (C=O) groups is 1. The summed E-state index contributed by atoms with van der Waals surface area (Å²) in [5, 5.41) is 0. The molecule has 0 saturated heterocycles. The number of rotatable bonds is 6. The average Bonchev–Trinajstić information content (AvgIpc) is 2.20. The number of carbonyl (C=O) groups excluding carboxylic acids is 1. The van der Waals surface area contributed by atoms with Crippen molar-refractivity contribution < 1.29 is 9.53 Å². The molecule has 88 valence electrons. The lowest BCUT2D eigenvalue weighted by Crippen LogP contribution is -2.20. The highest BCUT2D eigenvalue weighted by molar-refractivity contribution is 5.75. The molecule has 2 nitrogen and oxygen atoms in total. The molecule has 0 spiro atoms. The molecule has 15 heavy (non-hydrogen) atoms. The van der Waals surface area contributed by atoms with E-state index in [1.165, 1.54) is 25.7 Å². The van der Waals surface area contributed by atoms with Crippen molar-refractivity contribution in [2.45, 2.75) is 64.9 Å². The van der Waals surface area contributed by atoms with E-state index >= 15 is 0 Å². The molecule has 0 aliphatic heterocycles. The predicted molar refractivity (Wildman–Crippen MR) is 61.9 cm³/mol. The number of ketones is 1. The minimum atomic E-state index is 0.293. The summed E-state index contributed by atoms with van der Waals surface area (Å²) in [5.41, 5.74) is 0. The molecule has 0 atom stereocenters. The number of ether oxygens (including phenoxy) is 1. The van der Waals surface area contributed by atoms with E-state index in [0.717, 1.165) is 25.4 Å². The standard InChI is InChI=1S/C13H24O2/c1-11-6-8-13(9-7-11)15-10-4-3-5-12(2)14/h11,13H,3-10H2,1-2H3. The molecule has 0 radical (unpaired) electrons. The van der Waals surface area contributed by atoms with E-state index in [-0.39, 0.29) is 0 Å². The molecule has 0 N–H and O–H groups in total. The third kappa shape index (κ3) is 5.93. The Labute approximate surface area is 93.4 Å². The molecule has 2 heteroatoms. The fraction of sp³-hybridized carbons (Fsp3) is 0.923. The Balaban J connectivity index is 1.94. The van der Waals surface area contributed by atoms with Gasteiger partial charge in [-0.05, 0) is 51.4 Å². The van der Waals surface area contributed by atoms with E-state index in [2.05, 4.69) is 6.92 Å². The quantitative estimate of drug-likeness (QED) is 0.631. The third-order valence-corrected chi connectivity index (χ3v) is 3.24. The van der Waals surface area contributed by atoms with Gasteiger partial charge in [0.2, 0.25) is 0 Å². The SMILES string of the molecule is CC(=O)CCCCOC1CCC(C)CC1. The molecule has 0 bridgehead atoms. The van der Waals surface area contributed by atoms with Crippen LogP contribution in [0.15, 0.2) is 0 Å². The molecule has 0 unspecified atom stereocenters. The minimum Gasteiger partial charge on any atom is -0.378 e. The molecular weight excluding hydrogens is 188 g/mol. The smallest absolute Gasteiger partial charge is 0.129 e. The molecule has 1 rings (SSSR count). The van der Waals surface area contributed by atoms with Crippen LogP contribution in [-0.4, -0.2) is 18.5 Å². The van der Waals surface area contributed by atoms with Crippen molar-refractivity contribution in [1.29, 1.82) is 0 Å². The molecule has 0 amide bonds. The number of unbranched alkanes of at least 4 members (excludes halogenated alkanes) is 1. The average molecular weight is 212 g/mol. The van der Waals surface area contributed by atoms with Gasteiger partial charge in [-0.3, -0.25) is 0 Å². The lowest BCUT2D eigenvalue weighted by molar-refractivity contribution is -0.117. The molecule has 0 aromatic rings. The van der Waals surface area contributed by atoms with E-state index in [9.17, 15) is 4.79 Å². The van der Waals surface area contributed by atoms with Crippen molar-refractivity contribution in [1.82, 2.24) is 0 Å². The first-order chi connectivity index (χ1) is 7.18. The summed E-state index contributed by atoms with van der Waals surface area (Å²) in [7, 11) is 0. The van der Waals surface area contributed by atoms with Crippen molar-refractivity contribution in [3.05, 3.63) is 0 Å². The van der Waals surface area contributed by atoms with Crippen LogP contribution in [0.3, 0.4) is 0 Å². The summed E-state index contributed by atoms with van der Waals surface area (Å²) < 4.78 is 5.80. The van der Waals surface area contributed by atoms with Crippen LogP contribution in [0.4, 0.5) is 0 Å². The second kappa shape index (κ2) is 7.00. The topological polar surface area (TPSA) is 26.3 Å². The second-order valence-corrected chi connectivity index (χ2v) is 4.91. The number of Topliss-reactive ketones (excluding diaryl/α,β-unsaturated/α-hetero) is 1. The van der Waals surface area contributed by atoms with E-state index in [1.807, 2.05) is 0 Å². The van der Waals surface area contributed by atoms with Crippen LogP contribution in [0.1, 0.15) is 58.8 Å². The highest BCUT2D eigenvalue weighted by Gasteiger charge is 2.17. The van der Waals surface area contributed by atoms with Crippen molar-refractivity contribution in [3.8, 4) is 0 Å². The van der Waals surface area contributed by atoms with E-state index < -0.39 is 0 Å². The second-order valence-electron chi connectivity index (χ2n) is 4.91. The molecule has 1 aliphatic carbocycles. The van der Waals surface area contributed by atoms with Gasteiger partial charge in [-0.2, -0.15) is 0 Å².